The van der Waals surface area contributed by atoms with E-state index in [1.54, 1.807) is 13.1 Å². The third-order valence-electron chi connectivity index (χ3n) is 2.55. The molecule has 0 radical (unpaired) electrons. The lowest BCUT2D eigenvalue weighted by molar-refractivity contribution is 0.0769. The molecule has 0 bridgehead atoms. The number of nitrogens with zero attached hydrogens (tertiary/aromatic N) is 2. The topological polar surface area (TPSA) is 46.3 Å². The van der Waals surface area contributed by atoms with Crippen molar-refractivity contribution in [1.29, 1.82) is 0 Å². The van der Waals surface area contributed by atoms with Crippen LogP contribution in [0.1, 0.15) is 22.0 Å². The van der Waals surface area contributed by atoms with Crippen molar-refractivity contribution < 1.29 is 9.21 Å². The van der Waals surface area contributed by atoms with Crippen LogP contribution in [-0.4, -0.2) is 22.8 Å². The van der Waals surface area contributed by atoms with Gasteiger partial charge in [-0.1, -0.05) is 23.2 Å². The van der Waals surface area contributed by atoms with E-state index in [0.29, 0.717) is 12.3 Å². The molecule has 0 fully saturated rings. The van der Waals surface area contributed by atoms with Gasteiger partial charge in [-0.05, 0) is 31.2 Å². The van der Waals surface area contributed by atoms with Crippen LogP contribution in [0.3, 0.4) is 0 Å². The number of carbonyl (C=O) groups is 1. The Morgan fingerprint density at radius 3 is 2.68 bits per heavy atom. The van der Waals surface area contributed by atoms with Crippen molar-refractivity contribution in [2.24, 2.45) is 0 Å². The Morgan fingerprint density at radius 1 is 1.32 bits per heavy atom. The van der Waals surface area contributed by atoms with E-state index in [4.69, 9.17) is 27.6 Å². The second-order valence-corrected chi connectivity index (χ2v) is 4.93. The number of aromatic nitrogens is 1. The maximum atomic E-state index is 12.2. The second kappa shape index (κ2) is 5.63. The van der Waals surface area contributed by atoms with Gasteiger partial charge in [-0.25, -0.2) is 4.98 Å². The van der Waals surface area contributed by atoms with Crippen molar-refractivity contribution in [1.82, 2.24) is 9.88 Å². The summed E-state index contributed by atoms with van der Waals surface area (Å²) >= 11 is 11.7. The van der Waals surface area contributed by atoms with Crippen LogP contribution in [0.25, 0.3) is 0 Å². The molecule has 0 saturated heterocycles. The fraction of sp³-hybridized carbons (Fsp3) is 0.231. The molecular formula is C13H12Cl2N2O2. The average molecular weight is 299 g/mol. The van der Waals surface area contributed by atoms with Gasteiger partial charge in [-0.15, -0.1) is 0 Å². The summed E-state index contributed by atoms with van der Waals surface area (Å²) in [7, 11) is 1.65. The minimum atomic E-state index is -0.304. The number of pyridine rings is 1. The van der Waals surface area contributed by atoms with Gasteiger partial charge in [0.1, 0.15) is 22.4 Å². The highest BCUT2D eigenvalue weighted by Gasteiger charge is 2.18. The molecule has 0 atom stereocenters. The Bertz CT molecular complexity index is 610. The molecule has 0 aromatic carbocycles. The number of hydrogen-bond donors (Lipinski definition) is 0. The number of halogens is 2. The van der Waals surface area contributed by atoms with Gasteiger partial charge in [0.15, 0.2) is 0 Å². The van der Waals surface area contributed by atoms with E-state index in [0.717, 1.165) is 5.76 Å². The Kier molecular flexibility index (Phi) is 4.12. The lowest BCUT2D eigenvalue weighted by atomic mass is 10.3. The molecule has 0 aliphatic heterocycles. The van der Waals surface area contributed by atoms with E-state index in [1.807, 2.05) is 19.1 Å². The zero-order valence-corrected chi connectivity index (χ0v) is 12.0. The van der Waals surface area contributed by atoms with Crippen LogP contribution < -0.4 is 0 Å². The molecule has 1 amide bonds. The molecule has 0 unspecified atom stereocenters. The van der Waals surface area contributed by atoms with E-state index >= 15 is 0 Å². The van der Waals surface area contributed by atoms with Crippen molar-refractivity contribution in [3.63, 3.8) is 0 Å². The Labute approximate surface area is 120 Å². The van der Waals surface area contributed by atoms with Crippen LogP contribution >= 0.6 is 23.2 Å². The zero-order chi connectivity index (χ0) is 14.0. The smallest absolute Gasteiger partial charge is 0.274 e. The molecule has 2 aromatic rings. The molecule has 0 aliphatic carbocycles. The summed E-state index contributed by atoms with van der Waals surface area (Å²) in [5, 5.41) is 0.506. The molecule has 4 nitrogen and oxygen atoms in total. The molecule has 19 heavy (non-hydrogen) atoms. The van der Waals surface area contributed by atoms with Gasteiger partial charge in [-0.3, -0.25) is 4.79 Å². The summed E-state index contributed by atoms with van der Waals surface area (Å²) in [5.74, 6) is 1.20. The van der Waals surface area contributed by atoms with Crippen molar-refractivity contribution in [3.05, 3.63) is 51.7 Å². The van der Waals surface area contributed by atoms with Gasteiger partial charge in [0.2, 0.25) is 0 Å². The highest BCUT2D eigenvalue weighted by molar-refractivity contribution is 6.34. The van der Waals surface area contributed by atoms with Gasteiger partial charge in [-0.2, -0.15) is 0 Å². The van der Waals surface area contributed by atoms with E-state index in [9.17, 15) is 4.79 Å². The van der Waals surface area contributed by atoms with E-state index < -0.39 is 0 Å². The number of carbonyl (C=O) groups excluding carboxylic acids is 1. The molecule has 100 valence electrons. The molecule has 6 heteroatoms. The molecule has 0 N–H and O–H groups in total. The zero-order valence-electron chi connectivity index (χ0n) is 10.5. The minimum absolute atomic E-state index is 0.139. The van der Waals surface area contributed by atoms with Crippen LogP contribution in [0.4, 0.5) is 0 Å². The van der Waals surface area contributed by atoms with Crippen LogP contribution in [-0.2, 0) is 6.54 Å². The SMILES string of the molecule is Cc1ccc(CN(C)C(=O)c2nc(Cl)ccc2Cl)o1. The highest BCUT2D eigenvalue weighted by Crippen LogP contribution is 2.19. The first kappa shape index (κ1) is 13.9. The van der Waals surface area contributed by atoms with Crippen molar-refractivity contribution in [3.8, 4) is 0 Å². The van der Waals surface area contributed by atoms with Gasteiger partial charge in [0.05, 0.1) is 11.6 Å². The van der Waals surface area contributed by atoms with Crippen LogP contribution in [0, 0.1) is 6.92 Å². The minimum Gasteiger partial charge on any atom is -0.464 e. The average Bonchev–Trinajstić information content (AvgIpc) is 2.77. The summed E-state index contributed by atoms with van der Waals surface area (Å²) in [6.45, 7) is 2.19. The first-order valence-corrected chi connectivity index (χ1v) is 6.36. The summed E-state index contributed by atoms with van der Waals surface area (Å²) in [4.78, 5) is 17.6. The van der Waals surface area contributed by atoms with E-state index in [1.165, 1.54) is 11.0 Å². The summed E-state index contributed by atoms with van der Waals surface area (Å²) in [6, 6.07) is 6.76. The molecule has 2 heterocycles. The lowest BCUT2D eigenvalue weighted by Crippen LogP contribution is -2.27. The fourth-order valence-electron chi connectivity index (χ4n) is 1.62. The van der Waals surface area contributed by atoms with Crippen molar-refractivity contribution >= 4 is 29.1 Å². The fourth-order valence-corrected chi connectivity index (χ4v) is 1.96. The van der Waals surface area contributed by atoms with Gasteiger partial charge >= 0.3 is 0 Å². The normalized spacial score (nSPS) is 10.5. The Morgan fingerprint density at radius 2 is 2.05 bits per heavy atom. The van der Waals surface area contributed by atoms with Crippen LogP contribution in [0.15, 0.2) is 28.7 Å². The predicted molar refractivity (Wildman–Crippen MR) is 73.5 cm³/mol. The Balaban J connectivity index is 2.16. The first-order valence-electron chi connectivity index (χ1n) is 5.60. The lowest BCUT2D eigenvalue weighted by Gasteiger charge is -2.15. The molecule has 2 aromatic heterocycles. The van der Waals surface area contributed by atoms with E-state index in [-0.39, 0.29) is 21.8 Å². The predicted octanol–water partition coefficient (Wildman–Crippen LogP) is 3.56. The first-order chi connectivity index (χ1) is 8.97. The van der Waals surface area contributed by atoms with Crippen LogP contribution in [0.5, 0.6) is 0 Å². The largest absolute Gasteiger partial charge is 0.464 e. The number of aryl methyl sites for hydroxylation is 1. The van der Waals surface area contributed by atoms with Gasteiger partial charge in [0.25, 0.3) is 5.91 Å². The van der Waals surface area contributed by atoms with Crippen LogP contribution in [0.2, 0.25) is 10.2 Å². The number of hydrogen-bond acceptors (Lipinski definition) is 3. The summed E-state index contributed by atoms with van der Waals surface area (Å²) in [5.41, 5.74) is 0.139. The van der Waals surface area contributed by atoms with E-state index in [2.05, 4.69) is 4.98 Å². The number of rotatable bonds is 3. The monoisotopic (exact) mass is 298 g/mol. The highest BCUT2D eigenvalue weighted by atomic mass is 35.5. The third-order valence-corrected chi connectivity index (χ3v) is 3.07. The number of amides is 1. The molecule has 2 rings (SSSR count). The Hall–Kier alpha value is -1.52. The second-order valence-electron chi connectivity index (χ2n) is 4.14. The maximum Gasteiger partial charge on any atom is 0.274 e. The molecule has 0 spiro atoms. The summed E-state index contributed by atoms with van der Waals surface area (Å²) in [6.07, 6.45) is 0. The quantitative estimate of drug-likeness (QED) is 0.814. The van der Waals surface area contributed by atoms with Crippen molar-refractivity contribution in [2.45, 2.75) is 13.5 Å². The van der Waals surface area contributed by atoms with Gasteiger partial charge < -0.3 is 9.32 Å². The molecule has 0 saturated carbocycles. The van der Waals surface area contributed by atoms with Crippen molar-refractivity contribution in [2.75, 3.05) is 7.05 Å². The number of furan rings is 1. The standard InChI is InChI=1S/C13H12Cl2N2O2/c1-8-3-4-9(19-8)7-17(2)13(18)12-10(14)5-6-11(15)16-12/h3-6H,7H2,1-2H3. The third kappa shape index (κ3) is 3.28. The molecule has 0 aliphatic rings. The van der Waals surface area contributed by atoms with Gasteiger partial charge in [0, 0.05) is 7.05 Å². The maximum absolute atomic E-state index is 12.2. The molecular weight excluding hydrogens is 287 g/mol. The summed E-state index contributed by atoms with van der Waals surface area (Å²) < 4.78 is 5.42.